The molecule has 0 amide bonds. The average molecular weight is 263 g/mol. The van der Waals surface area contributed by atoms with E-state index < -0.39 is 0 Å². The Labute approximate surface area is 114 Å². The predicted octanol–water partition coefficient (Wildman–Crippen LogP) is 1.89. The molecule has 1 atom stereocenters. The fourth-order valence-electron chi connectivity index (χ4n) is 2.09. The van der Waals surface area contributed by atoms with E-state index in [2.05, 4.69) is 5.32 Å². The number of esters is 1. The van der Waals surface area contributed by atoms with Crippen molar-refractivity contribution in [1.82, 2.24) is 5.32 Å². The fraction of sp³-hybridized carbons (Fsp3) is 0.533. The van der Waals surface area contributed by atoms with E-state index in [0.717, 1.165) is 31.6 Å². The maximum absolute atomic E-state index is 11.5. The molecule has 0 aliphatic carbocycles. The molecule has 4 heteroatoms. The number of ether oxygens (including phenoxy) is 2. The second-order valence-electron chi connectivity index (χ2n) is 4.77. The molecule has 0 bridgehead atoms. The molecular weight excluding hydrogens is 242 g/mol. The van der Waals surface area contributed by atoms with Crippen molar-refractivity contribution >= 4 is 5.97 Å². The number of hydrogen-bond donors (Lipinski definition) is 1. The second-order valence-corrected chi connectivity index (χ2v) is 4.77. The lowest BCUT2D eigenvalue weighted by molar-refractivity contribution is -0.143. The van der Waals surface area contributed by atoms with Gasteiger partial charge in [-0.15, -0.1) is 0 Å². The lowest BCUT2D eigenvalue weighted by Gasteiger charge is -2.22. The van der Waals surface area contributed by atoms with Gasteiger partial charge in [0.1, 0.15) is 6.61 Å². The molecule has 0 saturated carbocycles. The Bertz CT molecular complexity index is 374. The quantitative estimate of drug-likeness (QED) is 0.796. The minimum atomic E-state index is -0.223. The van der Waals surface area contributed by atoms with Crippen molar-refractivity contribution in [2.24, 2.45) is 0 Å². The molecule has 1 saturated heterocycles. The molecule has 2 rings (SSSR count). The van der Waals surface area contributed by atoms with Gasteiger partial charge in [0.15, 0.2) is 0 Å². The molecule has 1 aliphatic rings. The minimum Gasteiger partial charge on any atom is -0.460 e. The van der Waals surface area contributed by atoms with Crippen LogP contribution in [0.1, 0.15) is 24.8 Å². The number of hydrogen-bond acceptors (Lipinski definition) is 4. The van der Waals surface area contributed by atoms with Gasteiger partial charge in [-0.2, -0.15) is 0 Å². The highest BCUT2D eigenvalue weighted by Gasteiger charge is 2.13. The van der Waals surface area contributed by atoms with Crippen LogP contribution in [-0.2, 0) is 20.9 Å². The number of carbonyl (C=O) groups is 1. The summed E-state index contributed by atoms with van der Waals surface area (Å²) >= 11 is 0. The van der Waals surface area contributed by atoms with E-state index in [1.165, 1.54) is 6.42 Å². The van der Waals surface area contributed by atoms with Crippen molar-refractivity contribution in [3.8, 4) is 0 Å². The SMILES string of the molecule is O=C(CNC[C@@H]1CCCCO1)OCc1ccccc1. The third-order valence-corrected chi connectivity index (χ3v) is 3.16. The number of benzene rings is 1. The zero-order chi connectivity index (χ0) is 13.3. The summed E-state index contributed by atoms with van der Waals surface area (Å²) in [6.07, 6.45) is 3.68. The molecule has 4 nitrogen and oxygen atoms in total. The van der Waals surface area contributed by atoms with Crippen molar-refractivity contribution in [2.45, 2.75) is 32.0 Å². The summed E-state index contributed by atoms with van der Waals surface area (Å²) < 4.78 is 10.7. The van der Waals surface area contributed by atoms with E-state index in [-0.39, 0.29) is 18.6 Å². The van der Waals surface area contributed by atoms with E-state index in [1.807, 2.05) is 30.3 Å². The largest absolute Gasteiger partial charge is 0.460 e. The molecule has 0 unspecified atom stereocenters. The molecule has 1 fully saturated rings. The van der Waals surface area contributed by atoms with Gasteiger partial charge in [0.25, 0.3) is 0 Å². The van der Waals surface area contributed by atoms with E-state index in [4.69, 9.17) is 9.47 Å². The topological polar surface area (TPSA) is 47.6 Å². The van der Waals surface area contributed by atoms with Crippen LogP contribution >= 0.6 is 0 Å². The summed E-state index contributed by atoms with van der Waals surface area (Å²) in [6, 6.07) is 9.69. The predicted molar refractivity (Wildman–Crippen MR) is 72.7 cm³/mol. The van der Waals surface area contributed by atoms with Crippen LogP contribution in [0.25, 0.3) is 0 Å². The van der Waals surface area contributed by atoms with Crippen molar-refractivity contribution in [3.05, 3.63) is 35.9 Å². The zero-order valence-corrected chi connectivity index (χ0v) is 11.1. The Balaban J connectivity index is 1.57. The van der Waals surface area contributed by atoms with Gasteiger partial charge in [-0.3, -0.25) is 4.79 Å². The summed E-state index contributed by atoms with van der Waals surface area (Å²) in [5, 5.41) is 3.09. The Morgan fingerprint density at radius 2 is 2.16 bits per heavy atom. The van der Waals surface area contributed by atoms with Gasteiger partial charge >= 0.3 is 5.97 Å². The molecule has 0 aromatic heterocycles. The molecule has 1 aromatic carbocycles. The molecule has 0 radical (unpaired) electrons. The Morgan fingerprint density at radius 3 is 2.89 bits per heavy atom. The van der Waals surface area contributed by atoms with E-state index in [9.17, 15) is 4.79 Å². The van der Waals surface area contributed by atoms with Gasteiger partial charge in [-0.1, -0.05) is 30.3 Å². The molecular formula is C15H21NO3. The Hall–Kier alpha value is -1.39. The normalized spacial score (nSPS) is 19.1. The summed E-state index contributed by atoms with van der Waals surface area (Å²) in [6.45, 7) is 2.14. The zero-order valence-electron chi connectivity index (χ0n) is 11.1. The van der Waals surface area contributed by atoms with E-state index in [0.29, 0.717) is 6.61 Å². The first-order valence-corrected chi connectivity index (χ1v) is 6.86. The molecule has 1 N–H and O–H groups in total. The summed E-state index contributed by atoms with van der Waals surface area (Å²) in [4.78, 5) is 11.5. The lowest BCUT2D eigenvalue weighted by Crippen LogP contribution is -2.35. The van der Waals surface area contributed by atoms with E-state index >= 15 is 0 Å². The molecule has 0 spiro atoms. The molecule has 104 valence electrons. The average Bonchev–Trinajstić information content (AvgIpc) is 2.47. The van der Waals surface area contributed by atoms with Crippen LogP contribution in [0.2, 0.25) is 0 Å². The standard InChI is InChI=1S/C15H21NO3/c17-15(19-12-13-6-2-1-3-7-13)11-16-10-14-8-4-5-9-18-14/h1-3,6-7,14,16H,4-5,8-12H2/t14-/m0/s1. The third-order valence-electron chi connectivity index (χ3n) is 3.16. The van der Waals surface area contributed by atoms with Crippen molar-refractivity contribution in [2.75, 3.05) is 19.7 Å². The highest BCUT2D eigenvalue weighted by atomic mass is 16.5. The fourth-order valence-corrected chi connectivity index (χ4v) is 2.09. The maximum atomic E-state index is 11.5. The highest BCUT2D eigenvalue weighted by Crippen LogP contribution is 2.11. The first kappa shape index (κ1) is 14.0. The molecule has 1 heterocycles. The second kappa shape index (κ2) is 7.92. The van der Waals surface area contributed by atoms with Crippen molar-refractivity contribution < 1.29 is 14.3 Å². The van der Waals surface area contributed by atoms with Gasteiger partial charge in [-0.05, 0) is 24.8 Å². The molecule has 1 aromatic rings. The van der Waals surface area contributed by atoms with Gasteiger partial charge in [0.2, 0.25) is 0 Å². The molecule has 19 heavy (non-hydrogen) atoms. The number of carbonyl (C=O) groups excluding carboxylic acids is 1. The van der Waals surface area contributed by atoms with E-state index in [1.54, 1.807) is 0 Å². The molecule has 1 aliphatic heterocycles. The summed E-state index contributed by atoms with van der Waals surface area (Å²) in [5.74, 6) is -0.223. The summed E-state index contributed by atoms with van der Waals surface area (Å²) in [5.41, 5.74) is 1.01. The number of rotatable bonds is 6. The monoisotopic (exact) mass is 263 g/mol. The smallest absolute Gasteiger partial charge is 0.320 e. The third kappa shape index (κ3) is 5.41. The van der Waals surface area contributed by atoms with Gasteiger partial charge in [-0.25, -0.2) is 0 Å². The van der Waals surface area contributed by atoms with Crippen LogP contribution in [0, 0.1) is 0 Å². The minimum absolute atomic E-state index is 0.223. The van der Waals surface area contributed by atoms with Crippen molar-refractivity contribution in [3.63, 3.8) is 0 Å². The van der Waals surface area contributed by atoms with Crippen LogP contribution < -0.4 is 5.32 Å². The Morgan fingerprint density at radius 1 is 1.32 bits per heavy atom. The van der Waals surface area contributed by atoms with Gasteiger partial charge in [0, 0.05) is 13.2 Å². The first-order chi connectivity index (χ1) is 9.34. The maximum Gasteiger partial charge on any atom is 0.320 e. The lowest BCUT2D eigenvalue weighted by atomic mass is 10.1. The Kier molecular flexibility index (Phi) is 5.85. The van der Waals surface area contributed by atoms with Gasteiger partial charge in [0.05, 0.1) is 12.6 Å². The van der Waals surface area contributed by atoms with Crippen LogP contribution in [0.4, 0.5) is 0 Å². The van der Waals surface area contributed by atoms with Crippen LogP contribution in [0.5, 0.6) is 0 Å². The van der Waals surface area contributed by atoms with Crippen LogP contribution in [0.15, 0.2) is 30.3 Å². The van der Waals surface area contributed by atoms with Crippen LogP contribution in [0.3, 0.4) is 0 Å². The first-order valence-electron chi connectivity index (χ1n) is 6.86. The van der Waals surface area contributed by atoms with Gasteiger partial charge < -0.3 is 14.8 Å². The van der Waals surface area contributed by atoms with Crippen LogP contribution in [-0.4, -0.2) is 31.8 Å². The van der Waals surface area contributed by atoms with Crippen molar-refractivity contribution in [1.29, 1.82) is 0 Å². The highest BCUT2D eigenvalue weighted by molar-refractivity contribution is 5.71. The number of nitrogens with one attached hydrogen (secondary N) is 1. The summed E-state index contributed by atoms with van der Waals surface area (Å²) in [7, 11) is 0.